The van der Waals surface area contributed by atoms with Crippen molar-refractivity contribution >= 4 is 39.9 Å². The Labute approximate surface area is 393 Å². The fourth-order valence-electron chi connectivity index (χ4n) is 9.81. The fourth-order valence-corrected chi connectivity index (χ4v) is 9.81. The second kappa shape index (κ2) is 19.9. The molecule has 338 valence electrons. The Balaban J connectivity index is 1.03. The summed E-state index contributed by atoms with van der Waals surface area (Å²) in [6.45, 7) is 15.8. The van der Waals surface area contributed by atoms with Gasteiger partial charge < -0.3 is 14.5 Å². The van der Waals surface area contributed by atoms with Gasteiger partial charge in [-0.3, -0.25) is 4.79 Å². The first-order chi connectivity index (χ1) is 31.9. The van der Waals surface area contributed by atoms with Crippen LogP contribution in [0.3, 0.4) is 0 Å². The van der Waals surface area contributed by atoms with Crippen LogP contribution in [0.1, 0.15) is 107 Å². The van der Waals surface area contributed by atoms with E-state index in [2.05, 4.69) is 158 Å². The third-order valence-corrected chi connectivity index (χ3v) is 13.5. The molecule has 1 aliphatic carbocycles. The van der Waals surface area contributed by atoms with Crippen molar-refractivity contribution in [1.82, 2.24) is 0 Å². The maximum atomic E-state index is 13.3. The molecular formula is C59H66N5O2+. The number of Topliss-reactive ketones (excluding diaryl/α,β-unsaturated/α-hetero) is 1. The van der Waals surface area contributed by atoms with Crippen LogP contribution in [-0.2, 0) is 17.3 Å². The molecule has 2 aliphatic heterocycles. The smallest absolute Gasteiger partial charge is 0.209 e. The number of para-hydroxylation sites is 2. The number of hydrogen-bond donors (Lipinski definition) is 0. The lowest BCUT2D eigenvalue weighted by Gasteiger charge is -2.27. The molecule has 0 fully saturated rings. The first-order valence-corrected chi connectivity index (χ1v) is 23.9. The predicted octanol–water partition coefficient (Wildman–Crippen LogP) is 14.9. The van der Waals surface area contributed by atoms with E-state index in [1.165, 1.54) is 45.1 Å². The minimum absolute atomic E-state index is 0.0979. The van der Waals surface area contributed by atoms with Gasteiger partial charge in [-0.25, -0.2) is 0 Å². The molecule has 0 saturated carbocycles. The number of azo groups is 1. The largest absolute Gasteiger partial charge is 0.457 e. The number of benzene rings is 5. The van der Waals surface area contributed by atoms with E-state index >= 15 is 0 Å². The summed E-state index contributed by atoms with van der Waals surface area (Å²) in [5.41, 5.74) is 14.5. The Morgan fingerprint density at radius 1 is 0.742 bits per heavy atom. The Bertz CT molecular complexity index is 2750. The number of rotatable bonds is 16. The number of ether oxygens (including phenoxy) is 1. The number of anilines is 2. The second-order valence-corrected chi connectivity index (χ2v) is 19.1. The van der Waals surface area contributed by atoms with Gasteiger partial charge in [0.25, 0.3) is 0 Å². The van der Waals surface area contributed by atoms with Gasteiger partial charge in [0.05, 0.1) is 16.8 Å². The summed E-state index contributed by atoms with van der Waals surface area (Å²) in [5, 5.41) is 8.75. The fraction of sp³-hybridized carbons (Fsp3) is 0.322. The number of fused-ring (bicyclic) bond motifs is 2. The van der Waals surface area contributed by atoms with E-state index in [1.807, 2.05) is 67.5 Å². The van der Waals surface area contributed by atoms with Gasteiger partial charge in [-0.2, -0.15) is 14.8 Å². The first-order valence-electron chi connectivity index (χ1n) is 23.9. The van der Waals surface area contributed by atoms with Gasteiger partial charge in [-0.1, -0.05) is 82.3 Å². The summed E-state index contributed by atoms with van der Waals surface area (Å²) in [4.78, 5) is 17.9. The van der Waals surface area contributed by atoms with Crippen LogP contribution >= 0.6 is 0 Å². The molecule has 2 heterocycles. The Morgan fingerprint density at radius 2 is 1.41 bits per heavy atom. The zero-order chi connectivity index (χ0) is 46.4. The summed E-state index contributed by atoms with van der Waals surface area (Å²) in [7, 11) is 4.02. The average molecular weight is 877 g/mol. The molecule has 5 aromatic rings. The molecule has 7 heteroatoms. The Morgan fingerprint density at radius 3 is 2.09 bits per heavy atom. The molecule has 5 aromatic carbocycles. The van der Waals surface area contributed by atoms with E-state index in [4.69, 9.17) is 4.74 Å². The lowest BCUT2D eigenvalue weighted by Crippen LogP contribution is -2.28. The molecule has 8 rings (SSSR count). The molecular weight excluding hydrogens is 811 g/mol. The van der Waals surface area contributed by atoms with Gasteiger partial charge in [-0.05, 0) is 147 Å². The molecule has 0 N–H and O–H groups in total. The number of nitrogens with zero attached hydrogens (tertiary/aromatic N) is 5. The van der Waals surface area contributed by atoms with Crippen molar-refractivity contribution in [3.63, 3.8) is 0 Å². The summed E-state index contributed by atoms with van der Waals surface area (Å²) in [5.74, 6) is 1.83. The Kier molecular flexibility index (Phi) is 13.8. The van der Waals surface area contributed by atoms with E-state index in [0.29, 0.717) is 24.1 Å². The van der Waals surface area contributed by atoms with Crippen LogP contribution < -0.4 is 14.5 Å². The van der Waals surface area contributed by atoms with E-state index < -0.39 is 0 Å². The van der Waals surface area contributed by atoms with Crippen molar-refractivity contribution in [2.45, 2.75) is 97.3 Å². The molecule has 0 atom stereocenters. The third-order valence-electron chi connectivity index (χ3n) is 13.5. The van der Waals surface area contributed by atoms with E-state index in [1.54, 1.807) is 0 Å². The van der Waals surface area contributed by atoms with Gasteiger partial charge in [-0.15, -0.1) is 0 Å². The molecule has 0 saturated heterocycles. The highest BCUT2D eigenvalue weighted by molar-refractivity contribution is 6.03. The zero-order valence-electron chi connectivity index (χ0n) is 40.3. The van der Waals surface area contributed by atoms with E-state index in [9.17, 15) is 4.79 Å². The van der Waals surface area contributed by atoms with Crippen molar-refractivity contribution in [1.29, 1.82) is 0 Å². The maximum absolute atomic E-state index is 13.3. The second-order valence-electron chi connectivity index (χ2n) is 19.1. The number of allylic oxidation sites excluding steroid dienone is 7. The van der Waals surface area contributed by atoms with Gasteiger partial charge in [0.2, 0.25) is 5.69 Å². The van der Waals surface area contributed by atoms with E-state index in [-0.39, 0.29) is 16.6 Å². The van der Waals surface area contributed by atoms with Crippen molar-refractivity contribution < 1.29 is 14.1 Å². The van der Waals surface area contributed by atoms with Gasteiger partial charge in [0.15, 0.2) is 11.5 Å². The van der Waals surface area contributed by atoms with Crippen LogP contribution in [0.25, 0.3) is 0 Å². The SMILES string of the molecule is CCCN1/C(=C\C=C2/CCCC(/C=C/C3=[N+](CCC)c4ccccc4C3(C)C)=C2Oc2ccc(CCC(=O)c3ccc(N=Nc4ccc(N(C)C)cc4)cc3)cc2)C(C)(C)c2ccccc21. The normalized spacial score (nSPS) is 17.7. The number of carbonyl (C=O) groups excluding carboxylic acids is 1. The van der Waals surface area contributed by atoms with Crippen LogP contribution in [-0.4, -0.2) is 43.3 Å². The quantitative estimate of drug-likeness (QED) is 0.0563. The molecule has 0 unspecified atom stereocenters. The highest BCUT2D eigenvalue weighted by atomic mass is 16.5. The monoisotopic (exact) mass is 877 g/mol. The lowest BCUT2D eigenvalue weighted by molar-refractivity contribution is -0.437. The highest BCUT2D eigenvalue weighted by Crippen LogP contribution is 2.48. The number of aryl methyl sites for hydroxylation is 1. The molecule has 0 aromatic heterocycles. The summed E-state index contributed by atoms with van der Waals surface area (Å²) in [6.07, 6.45) is 15.5. The highest BCUT2D eigenvalue weighted by Gasteiger charge is 2.44. The predicted molar refractivity (Wildman–Crippen MR) is 274 cm³/mol. The molecule has 0 amide bonds. The lowest BCUT2D eigenvalue weighted by atomic mass is 9.81. The van der Waals surface area contributed by atoms with Crippen LogP contribution in [0.2, 0.25) is 0 Å². The number of hydrogen-bond acceptors (Lipinski definition) is 6. The van der Waals surface area contributed by atoms with Gasteiger partial charge in [0.1, 0.15) is 18.1 Å². The van der Waals surface area contributed by atoms with Gasteiger partial charge in [0, 0.05) is 79.2 Å². The minimum Gasteiger partial charge on any atom is -0.457 e. The summed E-state index contributed by atoms with van der Waals surface area (Å²) < 4.78 is 9.53. The van der Waals surface area contributed by atoms with Crippen LogP contribution in [0, 0.1) is 0 Å². The molecule has 7 nitrogen and oxygen atoms in total. The van der Waals surface area contributed by atoms with Crippen molar-refractivity contribution in [2.24, 2.45) is 10.2 Å². The average Bonchev–Trinajstić information content (AvgIpc) is 3.67. The van der Waals surface area contributed by atoms with Crippen LogP contribution in [0.4, 0.5) is 28.4 Å². The molecule has 0 bridgehead atoms. The zero-order valence-corrected chi connectivity index (χ0v) is 40.3. The van der Waals surface area contributed by atoms with Crippen molar-refractivity contribution in [2.75, 3.05) is 37.0 Å². The number of ketones is 1. The molecule has 66 heavy (non-hydrogen) atoms. The van der Waals surface area contributed by atoms with Crippen molar-refractivity contribution in [3.8, 4) is 5.75 Å². The maximum Gasteiger partial charge on any atom is 0.209 e. The molecule has 3 aliphatic rings. The minimum atomic E-state index is -0.125. The van der Waals surface area contributed by atoms with Crippen LogP contribution in [0.15, 0.2) is 178 Å². The van der Waals surface area contributed by atoms with E-state index in [0.717, 1.165) is 73.6 Å². The van der Waals surface area contributed by atoms with Crippen molar-refractivity contribution in [3.05, 3.63) is 190 Å². The number of carbonyl (C=O) groups is 1. The molecule has 0 spiro atoms. The van der Waals surface area contributed by atoms with Gasteiger partial charge >= 0.3 is 0 Å². The topological polar surface area (TPSA) is 60.5 Å². The first kappa shape index (κ1) is 45.9. The summed E-state index contributed by atoms with van der Waals surface area (Å²) >= 11 is 0. The summed E-state index contributed by atoms with van der Waals surface area (Å²) in [6, 6.07) is 41.3. The third kappa shape index (κ3) is 9.67. The molecule has 0 radical (unpaired) electrons. The standard InChI is InChI=1S/C59H66N5O2/c1-9-40-63-52-20-13-11-18-50(52)58(3,4)55(63)38-27-44-16-15-17-45(28-39-56-59(5,6)51-19-12-14-21-53(51)64(56)41-10-2)57(44)66-49-35-22-42(23-36-49)24-37-54(65)43-25-29-46(30-26-43)60-61-47-31-33-48(34-32-47)62(7)8/h11-14,18-23,25-36,38-39H,9-10,15-17,24,37,40-41H2,1-8H3/q+1. The van der Waals surface area contributed by atoms with Crippen LogP contribution in [0.5, 0.6) is 5.75 Å². The Hall–Kier alpha value is -6.60.